The molecule has 3 fully saturated rings. The summed E-state index contributed by atoms with van der Waals surface area (Å²) >= 11 is 0. The molecule has 5 atom stereocenters. The lowest BCUT2D eigenvalue weighted by Crippen LogP contribution is -2.47. The Morgan fingerprint density at radius 1 is 1.05 bits per heavy atom. The van der Waals surface area contributed by atoms with Crippen LogP contribution < -0.4 is 0 Å². The quantitative estimate of drug-likeness (QED) is 0.727. The second-order valence-corrected chi connectivity index (χ2v) is 7.81. The number of rotatable bonds is 1. The van der Waals surface area contributed by atoms with Gasteiger partial charge in [0.2, 0.25) is 0 Å². The zero-order valence-corrected chi connectivity index (χ0v) is 13.1. The maximum atomic E-state index is 12.5. The smallest absolute Gasteiger partial charge is 0.155 e. The molecule has 0 saturated heterocycles. The molecule has 1 unspecified atom stereocenters. The van der Waals surface area contributed by atoms with Crippen molar-refractivity contribution in [3.8, 4) is 0 Å². The van der Waals surface area contributed by atoms with Gasteiger partial charge in [-0.3, -0.25) is 9.59 Å². The minimum Gasteiger partial charge on any atom is -0.299 e. The summed E-state index contributed by atoms with van der Waals surface area (Å²) in [4.78, 5) is 24.2. The number of ketones is 2. The average Bonchev–Trinajstić information content (AvgIpc) is 2.84. The molecule has 4 aliphatic rings. The van der Waals surface area contributed by atoms with Crippen molar-refractivity contribution in [2.75, 3.05) is 0 Å². The van der Waals surface area contributed by atoms with Crippen molar-refractivity contribution < 1.29 is 9.59 Å². The third-order valence-corrected chi connectivity index (χ3v) is 7.38. The van der Waals surface area contributed by atoms with Crippen LogP contribution in [-0.2, 0) is 9.59 Å². The Kier molecular flexibility index (Phi) is 3.13. The molecule has 0 heterocycles. The van der Waals surface area contributed by atoms with Gasteiger partial charge < -0.3 is 0 Å². The fourth-order valence-corrected chi connectivity index (χ4v) is 6.40. The topological polar surface area (TPSA) is 34.1 Å². The van der Waals surface area contributed by atoms with Crippen LogP contribution in [0.4, 0.5) is 0 Å². The molecule has 114 valence electrons. The molecule has 2 heteroatoms. The third kappa shape index (κ3) is 1.83. The van der Waals surface area contributed by atoms with Crippen molar-refractivity contribution in [3.05, 3.63) is 11.6 Å². The monoisotopic (exact) mass is 286 g/mol. The highest BCUT2D eigenvalue weighted by Gasteiger charge is 2.57. The van der Waals surface area contributed by atoms with Gasteiger partial charge in [0, 0.05) is 18.3 Å². The van der Waals surface area contributed by atoms with E-state index in [0.29, 0.717) is 23.4 Å². The Balaban J connectivity index is 1.65. The molecule has 0 aromatic carbocycles. The number of allylic oxidation sites excluding steroid dienone is 1. The standard InChI is InChI=1S/C19H26O2/c1-2-19-10-9-15-14-6-4-13(20)11-12(14)3-5-16(15)17(19)7-8-18(19)21/h11,14-17H,2-10H2,1H3/t14-,15+,16-,17+,19?/m1/s1. The van der Waals surface area contributed by atoms with Crippen LogP contribution in [0.5, 0.6) is 0 Å². The molecule has 0 amide bonds. The summed E-state index contributed by atoms with van der Waals surface area (Å²) in [5, 5.41) is 0. The maximum absolute atomic E-state index is 12.5. The molecule has 0 aromatic heterocycles. The van der Waals surface area contributed by atoms with Gasteiger partial charge in [0.1, 0.15) is 5.78 Å². The van der Waals surface area contributed by atoms with E-state index in [1.54, 1.807) is 0 Å². The van der Waals surface area contributed by atoms with Crippen molar-refractivity contribution in [1.82, 2.24) is 0 Å². The van der Waals surface area contributed by atoms with Crippen LogP contribution in [0.1, 0.15) is 64.7 Å². The lowest BCUT2D eigenvalue weighted by molar-refractivity contribution is -0.133. The molecule has 0 N–H and O–H groups in total. The van der Waals surface area contributed by atoms with Gasteiger partial charge in [0.05, 0.1) is 0 Å². The molecule has 4 aliphatic carbocycles. The predicted molar refractivity (Wildman–Crippen MR) is 81.7 cm³/mol. The fraction of sp³-hybridized carbons (Fsp3) is 0.789. The second-order valence-electron chi connectivity index (χ2n) is 7.81. The van der Waals surface area contributed by atoms with Crippen molar-refractivity contribution in [2.45, 2.75) is 64.7 Å². The number of Topliss-reactive ketones (excluding diaryl/α,β-unsaturated/α-hetero) is 1. The number of hydrogen-bond donors (Lipinski definition) is 0. The van der Waals surface area contributed by atoms with Crippen LogP contribution in [0.2, 0.25) is 0 Å². The molecular formula is C19H26O2. The average molecular weight is 286 g/mol. The molecule has 0 aromatic rings. The van der Waals surface area contributed by atoms with E-state index < -0.39 is 0 Å². The van der Waals surface area contributed by atoms with Crippen LogP contribution in [0.25, 0.3) is 0 Å². The van der Waals surface area contributed by atoms with E-state index in [9.17, 15) is 9.59 Å². The minimum absolute atomic E-state index is 0.0346. The van der Waals surface area contributed by atoms with E-state index in [0.717, 1.165) is 56.8 Å². The van der Waals surface area contributed by atoms with Gasteiger partial charge in [-0.1, -0.05) is 12.5 Å². The first-order valence-electron chi connectivity index (χ1n) is 8.92. The van der Waals surface area contributed by atoms with Gasteiger partial charge in [-0.05, 0) is 74.7 Å². The fourth-order valence-electron chi connectivity index (χ4n) is 6.40. The van der Waals surface area contributed by atoms with Crippen LogP contribution in [-0.4, -0.2) is 11.6 Å². The summed E-state index contributed by atoms with van der Waals surface area (Å²) in [6, 6.07) is 0. The van der Waals surface area contributed by atoms with Crippen LogP contribution in [0, 0.1) is 29.1 Å². The zero-order valence-electron chi connectivity index (χ0n) is 13.1. The predicted octanol–water partition coefficient (Wildman–Crippen LogP) is 4.09. The van der Waals surface area contributed by atoms with E-state index in [2.05, 4.69) is 6.92 Å². The van der Waals surface area contributed by atoms with Gasteiger partial charge >= 0.3 is 0 Å². The first kappa shape index (κ1) is 13.7. The maximum Gasteiger partial charge on any atom is 0.155 e. The largest absolute Gasteiger partial charge is 0.299 e. The molecular weight excluding hydrogens is 260 g/mol. The summed E-state index contributed by atoms with van der Waals surface area (Å²) in [5.41, 5.74) is 1.48. The number of carbonyl (C=O) groups is 2. The van der Waals surface area contributed by atoms with Crippen LogP contribution >= 0.6 is 0 Å². The van der Waals surface area contributed by atoms with Gasteiger partial charge in [0.15, 0.2) is 5.78 Å². The van der Waals surface area contributed by atoms with Crippen molar-refractivity contribution in [1.29, 1.82) is 0 Å². The summed E-state index contributed by atoms with van der Waals surface area (Å²) < 4.78 is 0. The van der Waals surface area contributed by atoms with E-state index in [4.69, 9.17) is 0 Å². The van der Waals surface area contributed by atoms with Gasteiger partial charge in [0.25, 0.3) is 0 Å². The Morgan fingerprint density at radius 3 is 2.71 bits per heavy atom. The molecule has 4 rings (SSSR count). The van der Waals surface area contributed by atoms with E-state index in [1.807, 2.05) is 6.08 Å². The summed E-state index contributed by atoms with van der Waals surface area (Å²) in [6.07, 6.45) is 11.5. The summed E-state index contributed by atoms with van der Waals surface area (Å²) in [6.45, 7) is 2.23. The SMILES string of the molecule is CCC12CC[C@@H]3[C@@H](CCC4=CC(=O)CC[C@H]43)[C@@H]1CCC2=O. The molecule has 0 aliphatic heterocycles. The van der Waals surface area contributed by atoms with E-state index in [1.165, 1.54) is 18.4 Å². The highest BCUT2D eigenvalue weighted by Crippen LogP contribution is 2.61. The molecule has 0 spiro atoms. The molecule has 2 nitrogen and oxygen atoms in total. The van der Waals surface area contributed by atoms with Crippen molar-refractivity contribution >= 4 is 11.6 Å². The highest BCUT2D eigenvalue weighted by atomic mass is 16.1. The first-order valence-corrected chi connectivity index (χ1v) is 8.92. The van der Waals surface area contributed by atoms with Crippen molar-refractivity contribution in [2.24, 2.45) is 29.1 Å². The molecule has 0 bridgehead atoms. The minimum atomic E-state index is 0.0346. The van der Waals surface area contributed by atoms with Gasteiger partial charge in [-0.2, -0.15) is 0 Å². The second kappa shape index (κ2) is 4.79. The van der Waals surface area contributed by atoms with Crippen LogP contribution in [0.3, 0.4) is 0 Å². The Labute approximate surface area is 127 Å². The van der Waals surface area contributed by atoms with E-state index in [-0.39, 0.29) is 5.41 Å². The zero-order chi connectivity index (χ0) is 14.6. The highest BCUT2D eigenvalue weighted by molar-refractivity contribution is 5.91. The Hall–Kier alpha value is -0.920. The molecule has 21 heavy (non-hydrogen) atoms. The molecule has 0 radical (unpaired) electrons. The van der Waals surface area contributed by atoms with E-state index >= 15 is 0 Å². The van der Waals surface area contributed by atoms with Gasteiger partial charge in [-0.15, -0.1) is 0 Å². The lowest BCUT2D eigenvalue weighted by atomic mass is 9.51. The first-order chi connectivity index (χ1) is 10.2. The third-order valence-electron chi connectivity index (χ3n) is 7.38. The Bertz CT molecular complexity index is 518. The number of hydrogen-bond acceptors (Lipinski definition) is 2. The van der Waals surface area contributed by atoms with Crippen molar-refractivity contribution in [3.63, 3.8) is 0 Å². The van der Waals surface area contributed by atoms with Crippen LogP contribution in [0.15, 0.2) is 11.6 Å². The summed E-state index contributed by atoms with van der Waals surface area (Å²) in [7, 11) is 0. The number of fused-ring (bicyclic) bond motifs is 5. The summed E-state index contributed by atoms with van der Waals surface area (Å²) in [5.74, 6) is 3.72. The number of carbonyl (C=O) groups excluding carboxylic acids is 2. The normalized spacial score (nSPS) is 45.7. The molecule has 3 saturated carbocycles. The lowest BCUT2D eigenvalue weighted by Gasteiger charge is -2.52. The van der Waals surface area contributed by atoms with Gasteiger partial charge in [-0.25, -0.2) is 0 Å². The Morgan fingerprint density at radius 2 is 1.90 bits per heavy atom.